The molecule has 132 valence electrons. The number of ether oxygens (including phenoxy) is 2. The van der Waals surface area contributed by atoms with Crippen molar-refractivity contribution < 1.29 is 23.5 Å². The van der Waals surface area contributed by atoms with Gasteiger partial charge in [0.2, 0.25) is 0 Å². The standard InChI is InChI=1S/C18H17BrFNO4/c1-11-3-4-12(7-15(11)20)9-21-17(22)10-25-16-6-5-13(8-14(16)19)18(23)24-2/h3-8H,9-10H2,1-2H3,(H,21,22). The molecular weight excluding hydrogens is 393 g/mol. The number of nitrogens with one attached hydrogen (secondary N) is 1. The Balaban J connectivity index is 1.87. The lowest BCUT2D eigenvalue weighted by molar-refractivity contribution is -0.123. The van der Waals surface area contributed by atoms with Gasteiger partial charge in [-0.05, 0) is 58.2 Å². The van der Waals surface area contributed by atoms with Gasteiger partial charge in [0.05, 0.1) is 17.1 Å². The largest absolute Gasteiger partial charge is 0.483 e. The number of benzene rings is 2. The summed E-state index contributed by atoms with van der Waals surface area (Å²) in [5.74, 6) is -0.693. The molecule has 7 heteroatoms. The number of carbonyl (C=O) groups excluding carboxylic acids is 2. The highest BCUT2D eigenvalue weighted by Crippen LogP contribution is 2.26. The number of aryl methyl sites for hydroxylation is 1. The van der Waals surface area contributed by atoms with Crippen molar-refractivity contribution in [2.45, 2.75) is 13.5 Å². The zero-order valence-electron chi connectivity index (χ0n) is 13.8. The number of rotatable bonds is 6. The molecule has 2 rings (SSSR count). The minimum atomic E-state index is -0.463. The molecule has 0 aromatic heterocycles. The Hall–Kier alpha value is -2.41. The maximum absolute atomic E-state index is 13.5. The van der Waals surface area contributed by atoms with Gasteiger partial charge in [0.25, 0.3) is 5.91 Å². The summed E-state index contributed by atoms with van der Waals surface area (Å²) in [6.07, 6.45) is 0. The minimum absolute atomic E-state index is 0.204. The molecule has 0 atom stereocenters. The summed E-state index contributed by atoms with van der Waals surface area (Å²) in [6.45, 7) is 1.68. The Morgan fingerprint density at radius 3 is 2.60 bits per heavy atom. The van der Waals surface area contributed by atoms with Crippen LogP contribution in [0.25, 0.3) is 0 Å². The Morgan fingerprint density at radius 2 is 1.96 bits per heavy atom. The van der Waals surface area contributed by atoms with E-state index < -0.39 is 5.97 Å². The van der Waals surface area contributed by atoms with Crippen molar-refractivity contribution in [3.8, 4) is 5.75 Å². The van der Waals surface area contributed by atoms with Gasteiger partial charge >= 0.3 is 5.97 Å². The molecule has 0 bridgehead atoms. The van der Waals surface area contributed by atoms with Gasteiger partial charge in [-0.15, -0.1) is 0 Å². The van der Waals surface area contributed by atoms with Crippen LogP contribution in [0.5, 0.6) is 5.75 Å². The predicted molar refractivity (Wildman–Crippen MR) is 94.0 cm³/mol. The van der Waals surface area contributed by atoms with Crippen molar-refractivity contribution in [2.75, 3.05) is 13.7 Å². The van der Waals surface area contributed by atoms with Gasteiger partial charge < -0.3 is 14.8 Å². The number of amides is 1. The first-order valence-electron chi connectivity index (χ1n) is 7.43. The number of carbonyl (C=O) groups is 2. The Morgan fingerprint density at radius 1 is 1.20 bits per heavy atom. The Bertz CT molecular complexity index is 795. The average molecular weight is 410 g/mol. The van der Waals surface area contributed by atoms with Crippen LogP contribution >= 0.6 is 15.9 Å². The van der Waals surface area contributed by atoms with E-state index in [1.807, 2.05) is 0 Å². The van der Waals surface area contributed by atoms with Crippen molar-refractivity contribution in [1.29, 1.82) is 0 Å². The molecule has 5 nitrogen and oxygen atoms in total. The monoisotopic (exact) mass is 409 g/mol. The van der Waals surface area contributed by atoms with Crippen molar-refractivity contribution >= 4 is 27.8 Å². The zero-order chi connectivity index (χ0) is 18.4. The molecule has 0 saturated heterocycles. The molecule has 0 radical (unpaired) electrons. The summed E-state index contributed by atoms with van der Waals surface area (Å²) in [6, 6.07) is 9.46. The van der Waals surface area contributed by atoms with Crippen molar-refractivity contribution in [1.82, 2.24) is 5.32 Å². The first-order valence-corrected chi connectivity index (χ1v) is 8.22. The molecule has 1 amide bonds. The Kier molecular flexibility index (Phi) is 6.52. The van der Waals surface area contributed by atoms with Gasteiger partial charge in [-0.1, -0.05) is 12.1 Å². The summed E-state index contributed by atoms with van der Waals surface area (Å²) in [5.41, 5.74) is 1.59. The molecule has 0 fully saturated rings. The van der Waals surface area contributed by atoms with Crippen LogP contribution < -0.4 is 10.1 Å². The van der Waals surface area contributed by atoms with Crippen LogP contribution in [0.2, 0.25) is 0 Å². The molecule has 0 unspecified atom stereocenters. The van der Waals surface area contributed by atoms with Crippen LogP contribution in [0.4, 0.5) is 4.39 Å². The normalized spacial score (nSPS) is 10.2. The summed E-state index contributed by atoms with van der Waals surface area (Å²) in [4.78, 5) is 23.3. The van der Waals surface area contributed by atoms with E-state index in [1.165, 1.54) is 13.2 Å². The lowest BCUT2D eigenvalue weighted by Crippen LogP contribution is -2.28. The molecule has 0 aliphatic carbocycles. The smallest absolute Gasteiger partial charge is 0.337 e. The minimum Gasteiger partial charge on any atom is -0.483 e. The molecule has 0 spiro atoms. The fourth-order valence-electron chi connectivity index (χ4n) is 2.00. The van der Waals surface area contributed by atoms with E-state index in [9.17, 15) is 14.0 Å². The zero-order valence-corrected chi connectivity index (χ0v) is 15.4. The maximum atomic E-state index is 13.5. The van der Waals surface area contributed by atoms with E-state index in [0.29, 0.717) is 26.9 Å². The number of hydrogen-bond acceptors (Lipinski definition) is 4. The van der Waals surface area contributed by atoms with Gasteiger partial charge in [0.1, 0.15) is 11.6 Å². The quantitative estimate of drug-likeness (QED) is 0.742. The Labute approximate surface area is 153 Å². The van der Waals surface area contributed by atoms with Crippen molar-refractivity contribution in [3.63, 3.8) is 0 Å². The first-order chi connectivity index (χ1) is 11.9. The molecule has 0 saturated carbocycles. The van der Waals surface area contributed by atoms with Crippen LogP contribution in [0.3, 0.4) is 0 Å². The van der Waals surface area contributed by atoms with E-state index in [-0.39, 0.29) is 24.9 Å². The maximum Gasteiger partial charge on any atom is 0.337 e. The van der Waals surface area contributed by atoms with Crippen LogP contribution in [0.15, 0.2) is 40.9 Å². The molecule has 2 aromatic carbocycles. The van der Waals surface area contributed by atoms with Gasteiger partial charge in [0, 0.05) is 6.54 Å². The summed E-state index contributed by atoms with van der Waals surface area (Å²) in [5, 5.41) is 2.65. The van der Waals surface area contributed by atoms with Crippen LogP contribution in [0.1, 0.15) is 21.5 Å². The highest BCUT2D eigenvalue weighted by molar-refractivity contribution is 9.10. The number of hydrogen-bond donors (Lipinski definition) is 1. The van der Waals surface area contributed by atoms with Crippen LogP contribution in [-0.4, -0.2) is 25.6 Å². The summed E-state index contributed by atoms with van der Waals surface area (Å²) < 4.78 is 24.0. The lowest BCUT2D eigenvalue weighted by Gasteiger charge is -2.10. The highest BCUT2D eigenvalue weighted by Gasteiger charge is 2.11. The molecule has 0 aliphatic rings. The van der Waals surface area contributed by atoms with E-state index in [1.54, 1.807) is 37.3 Å². The summed E-state index contributed by atoms with van der Waals surface area (Å²) >= 11 is 3.28. The van der Waals surface area contributed by atoms with Gasteiger partial charge in [-0.25, -0.2) is 9.18 Å². The number of halogens is 2. The van der Waals surface area contributed by atoms with Gasteiger partial charge in [0.15, 0.2) is 6.61 Å². The third kappa shape index (κ3) is 5.29. The van der Waals surface area contributed by atoms with Gasteiger partial charge in [-0.3, -0.25) is 4.79 Å². The third-order valence-electron chi connectivity index (χ3n) is 3.44. The SMILES string of the molecule is COC(=O)c1ccc(OCC(=O)NCc2ccc(C)c(F)c2)c(Br)c1. The van der Waals surface area contributed by atoms with Crippen molar-refractivity contribution in [2.24, 2.45) is 0 Å². The van der Waals surface area contributed by atoms with E-state index in [0.717, 1.165) is 0 Å². The van der Waals surface area contributed by atoms with E-state index >= 15 is 0 Å². The highest BCUT2D eigenvalue weighted by atomic mass is 79.9. The molecule has 0 heterocycles. The molecule has 0 aliphatic heterocycles. The third-order valence-corrected chi connectivity index (χ3v) is 4.06. The van der Waals surface area contributed by atoms with Gasteiger partial charge in [-0.2, -0.15) is 0 Å². The molecule has 25 heavy (non-hydrogen) atoms. The molecule has 2 aromatic rings. The number of methoxy groups -OCH3 is 1. The fraction of sp³-hybridized carbons (Fsp3) is 0.222. The van der Waals surface area contributed by atoms with E-state index in [2.05, 4.69) is 26.0 Å². The number of esters is 1. The average Bonchev–Trinajstić information content (AvgIpc) is 2.60. The lowest BCUT2D eigenvalue weighted by atomic mass is 10.1. The first kappa shape index (κ1) is 18.9. The second-order valence-corrected chi connectivity index (χ2v) is 6.14. The van der Waals surface area contributed by atoms with Crippen LogP contribution in [-0.2, 0) is 16.1 Å². The van der Waals surface area contributed by atoms with E-state index in [4.69, 9.17) is 4.74 Å². The second kappa shape index (κ2) is 8.62. The van der Waals surface area contributed by atoms with Crippen LogP contribution in [0, 0.1) is 12.7 Å². The predicted octanol–water partition coefficient (Wildman–Crippen LogP) is 3.38. The molecule has 1 N–H and O–H groups in total. The fourth-order valence-corrected chi connectivity index (χ4v) is 2.50. The van der Waals surface area contributed by atoms with Crippen molar-refractivity contribution in [3.05, 3.63) is 63.4 Å². The summed E-state index contributed by atoms with van der Waals surface area (Å²) in [7, 11) is 1.30. The second-order valence-electron chi connectivity index (χ2n) is 5.29. The molecular formula is C18H17BrFNO4. The topological polar surface area (TPSA) is 64.6 Å².